The highest BCUT2D eigenvalue weighted by Crippen LogP contribution is 2.74. The fourth-order valence-corrected chi connectivity index (χ4v) is 3.38. The summed E-state index contributed by atoms with van der Waals surface area (Å²) in [5.74, 6) is 0. The van der Waals surface area contributed by atoms with Crippen LogP contribution in [-0.4, -0.2) is 27.3 Å². The SMILES string of the molecule is CNCC12CC(CCOC)(C1)C2. The summed E-state index contributed by atoms with van der Waals surface area (Å²) in [7, 11) is 3.86. The minimum Gasteiger partial charge on any atom is -0.385 e. The Kier molecular flexibility index (Phi) is 1.92. The summed E-state index contributed by atoms with van der Waals surface area (Å²) in [5, 5.41) is 3.29. The number of rotatable bonds is 5. The number of methoxy groups -OCH3 is 1. The molecule has 0 heterocycles. The highest BCUT2D eigenvalue weighted by Gasteiger charge is 2.66. The molecule has 0 aromatic carbocycles. The van der Waals surface area contributed by atoms with Gasteiger partial charge in [0, 0.05) is 20.3 Å². The average Bonchev–Trinajstić information content (AvgIpc) is 1.91. The fraction of sp³-hybridized carbons (Fsp3) is 1.00. The molecule has 3 aliphatic carbocycles. The first kappa shape index (κ1) is 8.52. The molecule has 70 valence electrons. The first-order valence-corrected chi connectivity index (χ1v) is 4.88. The largest absolute Gasteiger partial charge is 0.385 e. The molecule has 0 aliphatic heterocycles. The predicted octanol–water partition coefficient (Wildman–Crippen LogP) is 1.41. The summed E-state index contributed by atoms with van der Waals surface area (Å²) >= 11 is 0. The lowest BCUT2D eigenvalue weighted by atomic mass is 9.34. The van der Waals surface area contributed by atoms with E-state index in [2.05, 4.69) is 12.4 Å². The van der Waals surface area contributed by atoms with E-state index in [9.17, 15) is 0 Å². The summed E-state index contributed by atoms with van der Waals surface area (Å²) in [6, 6.07) is 0. The van der Waals surface area contributed by atoms with Gasteiger partial charge in [0.15, 0.2) is 0 Å². The molecule has 0 spiro atoms. The predicted molar refractivity (Wildman–Crippen MR) is 49.1 cm³/mol. The van der Waals surface area contributed by atoms with E-state index in [1.165, 1.54) is 32.2 Å². The van der Waals surface area contributed by atoms with E-state index in [1.807, 2.05) is 0 Å². The van der Waals surface area contributed by atoms with Crippen molar-refractivity contribution in [3.8, 4) is 0 Å². The van der Waals surface area contributed by atoms with Crippen LogP contribution >= 0.6 is 0 Å². The zero-order valence-electron chi connectivity index (χ0n) is 8.15. The van der Waals surface area contributed by atoms with Crippen LogP contribution < -0.4 is 5.32 Å². The molecular weight excluding hydrogens is 150 g/mol. The summed E-state index contributed by atoms with van der Waals surface area (Å²) in [6.45, 7) is 2.18. The summed E-state index contributed by atoms with van der Waals surface area (Å²) in [5.41, 5.74) is 1.43. The van der Waals surface area contributed by atoms with Gasteiger partial charge in [0.2, 0.25) is 0 Å². The van der Waals surface area contributed by atoms with E-state index in [0.717, 1.165) is 6.61 Å². The Morgan fingerprint density at radius 2 is 1.92 bits per heavy atom. The summed E-state index contributed by atoms with van der Waals surface area (Å²) < 4.78 is 5.12. The van der Waals surface area contributed by atoms with Gasteiger partial charge < -0.3 is 10.1 Å². The van der Waals surface area contributed by atoms with Gasteiger partial charge in [-0.3, -0.25) is 0 Å². The van der Waals surface area contributed by atoms with E-state index < -0.39 is 0 Å². The van der Waals surface area contributed by atoms with Crippen LogP contribution in [0.3, 0.4) is 0 Å². The Morgan fingerprint density at radius 1 is 1.25 bits per heavy atom. The second kappa shape index (κ2) is 2.71. The van der Waals surface area contributed by atoms with Gasteiger partial charge in [-0.05, 0) is 43.6 Å². The molecule has 2 nitrogen and oxygen atoms in total. The molecule has 0 aromatic rings. The Balaban J connectivity index is 1.72. The standard InChI is InChI=1S/C10H19NO/c1-11-8-10-5-9(6-10,7-10)3-4-12-2/h11H,3-8H2,1-2H3. The zero-order chi connectivity index (χ0) is 8.66. The second-order valence-corrected chi connectivity index (χ2v) is 4.80. The molecule has 1 N–H and O–H groups in total. The first-order chi connectivity index (χ1) is 5.74. The minimum atomic E-state index is 0.711. The molecule has 2 heteroatoms. The molecule has 0 amide bonds. The van der Waals surface area contributed by atoms with Crippen LogP contribution in [0.2, 0.25) is 0 Å². The smallest absolute Gasteiger partial charge is 0.0467 e. The summed E-state index contributed by atoms with van der Waals surface area (Å²) in [6.07, 6.45) is 5.63. The van der Waals surface area contributed by atoms with Crippen molar-refractivity contribution in [2.75, 3.05) is 27.3 Å². The maximum Gasteiger partial charge on any atom is 0.0467 e. The Labute approximate surface area is 74.7 Å². The van der Waals surface area contributed by atoms with Crippen molar-refractivity contribution < 1.29 is 4.74 Å². The lowest BCUT2D eigenvalue weighted by Gasteiger charge is -2.71. The molecule has 3 saturated carbocycles. The van der Waals surface area contributed by atoms with Gasteiger partial charge in [0.1, 0.15) is 0 Å². The second-order valence-electron chi connectivity index (χ2n) is 4.80. The molecule has 0 aromatic heterocycles. The monoisotopic (exact) mass is 169 g/mol. The quantitative estimate of drug-likeness (QED) is 0.672. The molecular formula is C10H19NO. The van der Waals surface area contributed by atoms with Gasteiger partial charge in [0.05, 0.1) is 0 Å². The Hall–Kier alpha value is -0.0800. The number of nitrogens with one attached hydrogen (secondary N) is 1. The van der Waals surface area contributed by atoms with Crippen LogP contribution in [0.4, 0.5) is 0 Å². The van der Waals surface area contributed by atoms with Crippen molar-refractivity contribution in [2.45, 2.75) is 25.7 Å². The lowest BCUT2D eigenvalue weighted by molar-refractivity contribution is -0.208. The Morgan fingerprint density at radius 3 is 2.42 bits per heavy atom. The van der Waals surface area contributed by atoms with Gasteiger partial charge in [0.25, 0.3) is 0 Å². The van der Waals surface area contributed by atoms with Gasteiger partial charge in [-0.1, -0.05) is 0 Å². The molecule has 2 bridgehead atoms. The van der Waals surface area contributed by atoms with Crippen LogP contribution in [0, 0.1) is 10.8 Å². The maximum atomic E-state index is 5.12. The van der Waals surface area contributed by atoms with E-state index in [1.54, 1.807) is 7.11 Å². The Bertz CT molecular complexity index is 159. The van der Waals surface area contributed by atoms with Crippen molar-refractivity contribution in [3.05, 3.63) is 0 Å². The number of hydrogen-bond acceptors (Lipinski definition) is 2. The molecule has 0 unspecified atom stereocenters. The van der Waals surface area contributed by atoms with Crippen molar-refractivity contribution in [1.82, 2.24) is 5.32 Å². The van der Waals surface area contributed by atoms with Crippen molar-refractivity contribution in [1.29, 1.82) is 0 Å². The van der Waals surface area contributed by atoms with E-state index >= 15 is 0 Å². The third kappa shape index (κ3) is 1.09. The zero-order valence-corrected chi connectivity index (χ0v) is 8.15. The molecule has 0 atom stereocenters. The summed E-state index contributed by atoms with van der Waals surface area (Å²) in [4.78, 5) is 0. The topological polar surface area (TPSA) is 21.3 Å². The van der Waals surface area contributed by atoms with Crippen LogP contribution in [0.15, 0.2) is 0 Å². The molecule has 0 saturated heterocycles. The van der Waals surface area contributed by atoms with E-state index in [-0.39, 0.29) is 0 Å². The van der Waals surface area contributed by atoms with Gasteiger partial charge in [-0.15, -0.1) is 0 Å². The minimum absolute atomic E-state index is 0.711. The van der Waals surface area contributed by atoms with Gasteiger partial charge in [-0.2, -0.15) is 0 Å². The van der Waals surface area contributed by atoms with Crippen molar-refractivity contribution >= 4 is 0 Å². The normalized spacial score (nSPS) is 43.5. The fourth-order valence-electron chi connectivity index (χ4n) is 3.38. The molecule has 3 rings (SSSR count). The average molecular weight is 169 g/mol. The van der Waals surface area contributed by atoms with Crippen molar-refractivity contribution in [3.63, 3.8) is 0 Å². The highest BCUT2D eigenvalue weighted by molar-refractivity contribution is 5.17. The van der Waals surface area contributed by atoms with Crippen LogP contribution in [0.1, 0.15) is 25.7 Å². The number of hydrogen-bond donors (Lipinski definition) is 1. The number of ether oxygens (including phenoxy) is 1. The molecule has 12 heavy (non-hydrogen) atoms. The van der Waals surface area contributed by atoms with E-state index in [0.29, 0.717) is 10.8 Å². The maximum absolute atomic E-state index is 5.12. The molecule has 3 aliphatic rings. The van der Waals surface area contributed by atoms with Gasteiger partial charge in [-0.25, -0.2) is 0 Å². The molecule has 0 radical (unpaired) electrons. The van der Waals surface area contributed by atoms with Crippen LogP contribution in [0.25, 0.3) is 0 Å². The van der Waals surface area contributed by atoms with Crippen LogP contribution in [-0.2, 0) is 4.74 Å². The van der Waals surface area contributed by atoms with Gasteiger partial charge >= 0.3 is 0 Å². The highest BCUT2D eigenvalue weighted by atomic mass is 16.5. The first-order valence-electron chi connectivity index (χ1n) is 4.88. The third-order valence-corrected chi connectivity index (χ3v) is 3.64. The lowest BCUT2D eigenvalue weighted by Crippen LogP contribution is -2.65. The van der Waals surface area contributed by atoms with Crippen LogP contribution in [0.5, 0.6) is 0 Å². The third-order valence-electron chi connectivity index (χ3n) is 3.64. The van der Waals surface area contributed by atoms with E-state index in [4.69, 9.17) is 4.74 Å². The molecule has 3 fully saturated rings. The van der Waals surface area contributed by atoms with Crippen molar-refractivity contribution in [2.24, 2.45) is 10.8 Å².